The molecule has 27 heavy (non-hydrogen) atoms. The van der Waals surface area contributed by atoms with Crippen LogP contribution in [-0.4, -0.2) is 53.8 Å². The molecule has 2 amide bonds. The molecule has 2 fully saturated rings. The average Bonchev–Trinajstić information content (AvgIpc) is 2.99. The molecule has 1 atom stereocenters. The summed E-state index contributed by atoms with van der Waals surface area (Å²) in [5, 5.41) is 3.06. The average molecular weight is 367 g/mol. The van der Waals surface area contributed by atoms with Gasteiger partial charge in [-0.2, -0.15) is 0 Å². The summed E-state index contributed by atoms with van der Waals surface area (Å²) in [4.78, 5) is 29.4. The van der Waals surface area contributed by atoms with Gasteiger partial charge in [0.05, 0.1) is 12.5 Å². The van der Waals surface area contributed by atoms with Gasteiger partial charge in [-0.05, 0) is 37.3 Å². The van der Waals surface area contributed by atoms with Crippen molar-refractivity contribution in [1.82, 2.24) is 15.1 Å². The number of nitrogens with one attached hydrogen (secondary N) is 1. The highest BCUT2D eigenvalue weighted by Crippen LogP contribution is 2.32. The summed E-state index contributed by atoms with van der Waals surface area (Å²) in [6.07, 6.45) is 4.57. The van der Waals surface area contributed by atoms with Crippen LogP contribution in [0.15, 0.2) is 35.4 Å². The Labute approximate surface area is 161 Å². The number of amides is 2. The van der Waals surface area contributed by atoms with Crippen LogP contribution in [0.3, 0.4) is 0 Å². The summed E-state index contributed by atoms with van der Waals surface area (Å²) >= 11 is 0. The zero-order valence-electron chi connectivity index (χ0n) is 16.2. The quantitative estimate of drug-likeness (QED) is 0.889. The molecule has 0 bridgehead atoms. The number of carbonyl (C=O) groups is 2. The molecule has 1 saturated heterocycles. The smallest absolute Gasteiger partial charge is 0.248 e. The lowest BCUT2D eigenvalue weighted by atomic mass is 9.88. The summed E-state index contributed by atoms with van der Waals surface area (Å²) in [5.41, 5.74) is 4.56. The van der Waals surface area contributed by atoms with Gasteiger partial charge >= 0.3 is 0 Å². The first-order valence-corrected chi connectivity index (χ1v) is 10.2. The fourth-order valence-electron chi connectivity index (χ4n) is 4.49. The fraction of sp³-hybridized carbons (Fsp3) is 0.545. The van der Waals surface area contributed by atoms with E-state index in [9.17, 15) is 9.59 Å². The molecule has 1 N–H and O–H groups in total. The topological polar surface area (TPSA) is 52.6 Å². The predicted octanol–water partition coefficient (Wildman–Crippen LogP) is 2.40. The first-order valence-electron chi connectivity index (χ1n) is 10.2. The Kier molecular flexibility index (Phi) is 5.30. The van der Waals surface area contributed by atoms with Crippen molar-refractivity contribution < 1.29 is 9.59 Å². The van der Waals surface area contributed by atoms with Gasteiger partial charge in [0.1, 0.15) is 0 Å². The molecule has 0 radical (unpaired) electrons. The van der Waals surface area contributed by atoms with Crippen molar-refractivity contribution in [2.24, 2.45) is 0 Å². The Morgan fingerprint density at radius 2 is 1.85 bits per heavy atom. The summed E-state index contributed by atoms with van der Waals surface area (Å²) in [5.74, 6) is 0.0946. The van der Waals surface area contributed by atoms with Crippen LogP contribution in [0.1, 0.15) is 43.2 Å². The summed E-state index contributed by atoms with van der Waals surface area (Å²) < 4.78 is 0. The molecule has 144 valence electrons. The van der Waals surface area contributed by atoms with Crippen LogP contribution in [0.4, 0.5) is 0 Å². The van der Waals surface area contributed by atoms with Crippen molar-refractivity contribution in [3.8, 4) is 0 Å². The van der Waals surface area contributed by atoms with Crippen LogP contribution in [0.2, 0.25) is 0 Å². The van der Waals surface area contributed by atoms with E-state index in [0.717, 1.165) is 57.6 Å². The lowest BCUT2D eigenvalue weighted by Crippen LogP contribution is -2.48. The number of carbonyl (C=O) groups excluding carboxylic acids is 2. The van der Waals surface area contributed by atoms with Crippen LogP contribution < -0.4 is 5.32 Å². The van der Waals surface area contributed by atoms with E-state index in [4.69, 9.17) is 0 Å². The largest absolute Gasteiger partial charge is 0.346 e. The fourth-order valence-corrected chi connectivity index (χ4v) is 4.49. The molecule has 0 spiro atoms. The molecular weight excluding hydrogens is 338 g/mol. The normalized spacial score (nSPS) is 23.4. The molecular formula is C22H29N3O2. The van der Waals surface area contributed by atoms with Gasteiger partial charge in [0.25, 0.3) is 0 Å². The molecule has 5 heteroatoms. The van der Waals surface area contributed by atoms with E-state index < -0.39 is 0 Å². The van der Waals surface area contributed by atoms with E-state index in [0.29, 0.717) is 0 Å². The molecule has 1 aromatic rings. The number of hydrogen-bond acceptors (Lipinski definition) is 3. The highest BCUT2D eigenvalue weighted by atomic mass is 16.2. The van der Waals surface area contributed by atoms with Crippen LogP contribution in [0.5, 0.6) is 0 Å². The molecule has 0 aromatic heterocycles. The molecule has 2 heterocycles. The summed E-state index contributed by atoms with van der Waals surface area (Å²) in [6.45, 7) is 6.31. The number of fused-ring (bicyclic) bond motifs is 1. The molecule has 3 aliphatic rings. The number of benzene rings is 1. The molecule has 4 rings (SSSR count). The van der Waals surface area contributed by atoms with Gasteiger partial charge in [-0.25, -0.2) is 0 Å². The highest BCUT2D eigenvalue weighted by molar-refractivity contribution is 6.02. The van der Waals surface area contributed by atoms with Gasteiger partial charge in [-0.3, -0.25) is 14.5 Å². The monoisotopic (exact) mass is 367 g/mol. The second-order valence-corrected chi connectivity index (χ2v) is 8.09. The first-order chi connectivity index (χ1) is 13.1. The maximum absolute atomic E-state index is 12.8. The van der Waals surface area contributed by atoms with E-state index in [2.05, 4.69) is 41.4 Å². The maximum Gasteiger partial charge on any atom is 0.248 e. The van der Waals surface area contributed by atoms with Crippen molar-refractivity contribution in [1.29, 1.82) is 0 Å². The maximum atomic E-state index is 12.8. The lowest BCUT2D eigenvalue weighted by molar-refractivity contribution is -0.133. The third-order valence-electron chi connectivity index (χ3n) is 6.16. The van der Waals surface area contributed by atoms with Gasteiger partial charge in [0.15, 0.2) is 0 Å². The molecule has 1 aromatic carbocycles. The summed E-state index contributed by atoms with van der Waals surface area (Å²) in [6, 6.07) is 8.85. The Balaban J connectivity index is 1.31. The van der Waals surface area contributed by atoms with E-state index in [1.807, 2.05) is 4.90 Å². The van der Waals surface area contributed by atoms with Crippen molar-refractivity contribution in [2.75, 3.05) is 26.2 Å². The van der Waals surface area contributed by atoms with Crippen LogP contribution >= 0.6 is 0 Å². The third kappa shape index (κ3) is 4.08. The van der Waals surface area contributed by atoms with Gasteiger partial charge in [-0.1, -0.05) is 36.2 Å². The minimum atomic E-state index is -0.0109. The van der Waals surface area contributed by atoms with E-state index in [-0.39, 0.29) is 24.3 Å². The highest BCUT2D eigenvalue weighted by Gasteiger charge is 2.34. The van der Waals surface area contributed by atoms with E-state index in [1.54, 1.807) is 0 Å². The molecule has 1 aliphatic carbocycles. The lowest BCUT2D eigenvalue weighted by Gasteiger charge is -2.35. The van der Waals surface area contributed by atoms with Gasteiger partial charge in [-0.15, -0.1) is 0 Å². The third-order valence-corrected chi connectivity index (χ3v) is 6.16. The number of piperazine rings is 1. The number of nitrogens with zero attached hydrogens (tertiary/aromatic N) is 2. The van der Waals surface area contributed by atoms with Crippen LogP contribution in [-0.2, 0) is 16.1 Å². The molecule has 1 saturated carbocycles. The zero-order chi connectivity index (χ0) is 18.8. The van der Waals surface area contributed by atoms with Gasteiger partial charge in [0.2, 0.25) is 11.8 Å². The number of aryl methyl sites for hydroxylation is 1. The second kappa shape index (κ2) is 7.85. The second-order valence-electron chi connectivity index (χ2n) is 8.09. The van der Waals surface area contributed by atoms with Crippen molar-refractivity contribution in [3.63, 3.8) is 0 Å². The van der Waals surface area contributed by atoms with Crippen LogP contribution in [0, 0.1) is 6.92 Å². The van der Waals surface area contributed by atoms with Crippen molar-refractivity contribution in [2.45, 2.75) is 51.6 Å². The van der Waals surface area contributed by atoms with Crippen molar-refractivity contribution in [3.05, 3.63) is 46.5 Å². The SMILES string of the molecule is Cc1ccc(CN2CCN(C(=O)CC3=C4CCCCC4NC3=O)CC2)cc1. The van der Waals surface area contributed by atoms with E-state index in [1.165, 1.54) is 23.1 Å². The Morgan fingerprint density at radius 3 is 2.59 bits per heavy atom. The molecule has 1 unspecified atom stereocenters. The van der Waals surface area contributed by atoms with E-state index >= 15 is 0 Å². The molecule has 5 nitrogen and oxygen atoms in total. The minimum Gasteiger partial charge on any atom is -0.346 e. The molecule has 2 aliphatic heterocycles. The standard InChI is InChI=1S/C22H29N3O2/c1-16-6-8-17(9-7-16)15-24-10-12-25(13-11-24)21(26)14-19-18-4-2-3-5-20(18)23-22(19)27/h6-9,20H,2-5,10-15H2,1H3,(H,23,27). The summed E-state index contributed by atoms with van der Waals surface area (Å²) in [7, 11) is 0. The Bertz CT molecular complexity index is 745. The number of hydrogen-bond donors (Lipinski definition) is 1. The zero-order valence-corrected chi connectivity index (χ0v) is 16.2. The van der Waals surface area contributed by atoms with Gasteiger partial charge in [0, 0.05) is 38.3 Å². The van der Waals surface area contributed by atoms with Gasteiger partial charge < -0.3 is 10.2 Å². The Hall–Kier alpha value is -2.14. The Morgan fingerprint density at radius 1 is 1.11 bits per heavy atom. The van der Waals surface area contributed by atoms with Crippen molar-refractivity contribution >= 4 is 11.8 Å². The predicted molar refractivity (Wildman–Crippen MR) is 105 cm³/mol. The van der Waals surface area contributed by atoms with Crippen LogP contribution in [0.25, 0.3) is 0 Å². The minimum absolute atomic E-state index is 0.0109. The number of rotatable bonds is 4. The first kappa shape index (κ1) is 18.2.